The van der Waals surface area contributed by atoms with E-state index in [0.717, 1.165) is 43.8 Å². The zero-order valence-corrected chi connectivity index (χ0v) is 11.6. The van der Waals surface area contributed by atoms with E-state index in [1.54, 1.807) is 0 Å². The Morgan fingerprint density at radius 2 is 1.80 bits per heavy atom. The number of nitrogens with one attached hydrogen (secondary N) is 1. The quantitative estimate of drug-likeness (QED) is 0.850. The predicted octanol–water partition coefficient (Wildman–Crippen LogP) is 1.33. The fourth-order valence-corrected chi connectivity index (χ4v) is 2.71. The van der Waals surface area contributed by atoms with Crippen LogP contribution in [0.5, 0.6) is 0 Å². The minimum Gasteiger partial charge on any atom is -0.370 e. The summed E-state index contributed by atoms with van der Waals surface area (Å²) in [4.78, 5) is 13.8. The number of rotatable bonds is 4. The van der Waals surface area contributed by atoms with Gasteiger partial charge in [0.25, 0.3) is 0 Å². The van der Waals surface area contributed by atoms with Crippen LogP contribution in [0, 0.1) is 0 Å². The molecule has 0 radical (unpaired) electrons. The van der Waals surface area contributed by atoms with Crippen molar-refractivity contribution in [3.8, 4) is 0 Å². The Labute approximate surface area is 119 Å². The molecule has 0 bridgehead atoms. The first-order valence-electron chi connectivity index (χ1n) is 7.26. The van der Waals surface area contributed by atoms with Crippen molar-refractivity contribution in [2.45, 2.75) is 6.42 Å². The van der Waals surface area contributed by atoms with E-state index in [-0.39, 0.29) is 5.78 Å². The molecule has 0 aromatic heterocycles. The van der Waals surface area contributed by atoms with Gasteiger partial charge in [0, 0.05) is 5.56 Å². The summed E-state index contributed by atoms with van der Waals surface area (Å²) in [5.74, 6) is 0.245. The number of quaternary nitrogens is 1. The van der Waals surface area contributed by atoms with E-state index >= 15 is 0 Å². The van der Waals surface area contributed by atoms with E-state index in [1.165, 1.54) is 10.3 Å². The highest BCUT2D eigenvalue weighted by atomic mass is 16.5. The van der Waals surface area contributed by atoms with Crippen molar-refractivity contribution in [3.05, 3.63) is 48.0 Å². The highest BCUT2D eigenvalue weighted by Crippen LogP contribution is 2.16. The number of hydrogen-bond donors (Lipinski definition) is 1. The number of Topliss-reactive ketones (excluding diaryl/α,β-unsaturated/α-hetero) is 1. The van der Waals surface area contributed by atoms with Gasteiger partial charge in [-0.2, -0.15) is 0 Å². The highest BCUT2D eigenvalue weighted by molar-refractivity contribution is 5.99. The first-order valence-corrected chi connectivity index (χ1v) is 7.26. The van der Waals surface area contributed by atoms with Gasteiger partial charge in [0.1, 0.15) is 13.1 Å². The Balaban J connectivity index is 1.65. The van der Waals surface area contributed by atoms with E-state index < -0.39 is 0 Å². The van der Waals surface area contributed by atoms with Crippen molar-refractivity contribution in [2.24, 2.45) is 0 Å². The monoisotopic (exact) mass is 270 g/mol. The molecule has 1 N–H and O–H groups in total. The van der Waals surface area contributed by atoms with E-state index in [4.69, 9.17) is 4.74 Å². The van der Waals surface area contributed by atoms with Crippen molar-refractivity contribution in [2.75, 3.05) is 32.8 Å². The fraction of sp³-hybridized carbons (Fsp3) is 0.353. The number of carbonyl (C=O) groups is 1. The van der Waals surface area contributed by atoms with Crippen LogP contribution >= 0.6 is 0 Å². The van der Waals surface area contributed by atoms with Crippen LogP contribution in [-0.2, 0) is 4.74 Å². The first kappa shape index (κ1) is 13.3. The molecule has 0 spiro atoms. The zero-order valence-electron chi connectivity index (χ0n) is 11.6. The molecule has 2 aromatic carbocycles. The van der Waals surface area contributed by atoms with Gasteiger partial charge < -0.3 is 9.64 Å². The summed E-state index contributed by atoms with van der Waals surface area (Å²) in [7, 11) is 0. The summed E-state index contributed by atoms with van der Waals surface area (Å²) < 4.78 is 5.33. The third kappa shape index (κ3) is 3.06. The minimum absolute atomic E-state index is 0.245. The molecule has 3 rings (SSSR count). The van der Waals surface area contributed by atoms with Gasteiger partial charge in [-0.3, -0.25) is 4.79 Å². The predicted molar refractivity (Wildman–Crippen MR) is 79.3 cm³/mol. The summed E-state index contributed by atoms with van der Waals surface area (Å²) in [5, 5.41) is 2.32. The number of carbonyl (C=O) groups excluding carboxylic acids is 1. The van der Waals surface area contributed by atoms with Crippen LogP contribution in [0.15, 0.2) is 42.5 Å². The standard InChI is InChI=1S/C17H19NO2/c19-17(7-8-18-9-11-20-12-10-18)16-6-5-14-3-1-2-4-15(14)13-16/h1-6,13H,7-12H2/p+1. The molecule has 3 heteroatoms. The minimum atomic E-state index is 0.245. The molecule has 0 amide bonds. The molecule has 3 nitrogen and oxygen atoms in total. The van der Waals surface area contributed by atoms with Crippen molar-refractivity contribution in [1.29, 1.82) is 0 Å². The van der Waals surface area contributed by atoms with Gasteiger partial charge >= 0.3 is 0 Å². The van der Waals surface area contributed by atoms with Gasteiger partial charge in [0.05, 0.1) is 26.2 Å². The lowest BCUT2D eigenvalue weighted by atomic mass is 10.0. The Kier molecular flexibility index (Phi) is 4.09. The third-order valence-electron chi connectivity index (χ3n) is 3.98. The van der Waals surface area contributed by atoms with Crippen LogP contribution < -0.4 is 4.90 Å². The lowest BCUT2D eigenvalue weighted by Gasteiger charge is -2.23. The molecule has 0 aliphatic carbocycles. The molecule has 1 heterocycles. The van der Waals surface area contributed by atoms with Crippen LogP contribution in [0.25, 0.3) is 10.8 Å². The van der Waals surface area contributed by atoms with Crippen LogP contribution in [-0.4, -0.2) is 38.6 Å². The zero-order chi connectivity index (χ0) is 13.8. The summed E-state index contributed by atoms with van der Waals surface area (Å²) in [6.07, 6.45) is 0.619. The molecular weight excluding hydrogens is 250 g/mol. The molecule has 0 saturated carbocycles. The lowest BCUT2D eigenvalue weighted by molar-refractivity contribution is -0.907. The fourth-order valence-electron chi connectivity index (χ4n) is 2.71. The Morgan fingerprint density at radius 3 is 2.60 bits per heavy atom. The summed E-state index contributed by atoms with van der Waals surface area (Å²) in [5.41, 5.74) is 0.830. The van der Waals surface area contributed by atoms with E-state index in [0.29, 0.717) is 6.42 Å². The maximum atomic E-state index is 12.3. The topological polar surface area (TPSA) is 30.7 Å². The summed E-state index contributed by atoms with van der Waals surface area (Å²) in [6, 6.07) is 14.1. The lowest BCUT2D eigenvalue weighted by Crippen LogP contribution is -3.14. The first-order chi connectivity index (χ1) is 9.83. The molecule has 104 valence electrons. The molecular formula is C17H20NO2+. The van der Waals surface area contributed by atoms with Crippen LogP contribution in [0.4, 0.5) is 0 Å². The van der Waals surface area contributed by atoms with E-state index in [2.05, 4.69) is 12.1 Å². The van der Waals surface area contributed by atoms with Gasteiger partial charge in [0.2, 0.25) is 0 Å². The summed E-state index contributed by atoms with van der Waals surface area (Å²) >= 11 is 0. The van der Waals surface area contributed by atoms with Crippen LogP contribution in [0.3, 0.4) is 0 Å². The van der Waals surface area contributed by atoms with E-state index in [1.807, 2.05) is 30.3 Å². The van der Waals surface area contributed by atoms with Crippen molar-refractivity contribution in [3.63, 3.8) is 0 Å². The van der Waals surface area contributed by atoms with Gasteiger partial charge in [-0.25, -0.2) is 0 Å². The average molecular weight is 270 g/mol. The number of hydrogen-bond acceptors (Lipinski definition) is 2. The molecule has 20 heavy (non-hydrogen) atoms. The largest absolute Gasteiger partial charge is 0.370 e. The van der Waals surface area contributed by atoms with Gasteiger partial charge in [0.15, 0.2) is 5.78 Å². The number of benzene rings is 2. The normalized spacial score (nSPS) is 16.4. The molecule has 0 unspecified atom stereocenters. The number of fused-ring (bicyclic) bond motifs is 1. The average Bonchev–Trinajstić information content (AvgIpc) is 2.53. The Morgan fingerprint density at radius 1 is 1.05 bits per heavy atom. The van der Waals surface area contributed by atoms with Crippen molar-refractivity contribution >= 4 is 16.6 Å². The molecule has 1 saturated heterocycles. The van der Waals surface area contributed by atoms with Gasteiger partial charge in [-0.1, -0.05) is 36.4 Å². The number of morpholine rings is 1. The number of ether oxygens (including phenoxy) is 1. The maximum Gasteiger partial charge on any atom is 0.168 e. The van der Waals surface area contributed by atoms with Crippen molar-refractivity contribution < 1.29 is 14.4 Å². The smallest absolute Gasteiger partial charge is 0.168 e. The second-order valence-electron chi connectivity index (χ2n) is 5.35. The second-order valence-corrected chi connectivity index (χ2v) is 5.35. The SMILES string of the molecule is O=C(CC[NH+]1CCOCC1)c1ccc2ccccc2c1. The van der Waals surface area contributed by atoms with E-state index in [9.17, 15) is 4.79 Å². The Bertz CT molecular complexity index is 603. The molecule has 2 aromatic rings. The Hall–Kier alpha value is -1.71. The molecule has 1 fully saturated rings. The van der Waals surface area contributed by atoms with Crippen molar-refractivity contribution in [1.82, 2.24) is 0 Å². The number of ketones is 1. The third-order valence-corrected chi connectivity index (χ3v) is 3.98. The second kappa shape index (κ2) is 6.16. The highest BCUT2D eigenvalue weighted by Gasteiger charge is 2.16. The van der Waals surface area contributed by atoms with Crippen LogP contribution in [0.1, 0.15) is 16.8 Å². The summed E-state index contributed by atoms with van der Waals surface area (Å²) in [6.45, 7) is 4.59. The van der Waals surface area contributed by atoms with Crippen LogP contribution in [0.2, 0.25) is 0 Å². The maximum absolute atomic E-state index is 12.3. The van der Waals surface area contributed by atoms with Gasteiger partial charge in [-0.15, -0.1) is 0 Å². The van der Waals surface area contributed by atoms with Gasteiger partial charge in [-0.05, 0) is 16.8 Å². The molecule has 1 aliphatic heterocycles. The molecule has 0 atom stereocenters. The molecule has 1 aliphatic rings.